The molecular formula is C19H17ClN2O4. The van der Waals surface area contributed by atoms with Gasteiger partial charge in [0, 0.05) is 11.1 Å². The summed E-state index contributed by atoms with van der Waals surface area (Å²) >= 11 is 5.77. The van der Waals surface area contributed by atoms with Crippen LogP contribution in [0.15, 0.2) is 30.4 Å². The molecule has 5 aliphatic rings. The van der Waals surface area contributed by atoms with Gasteiger partial charge >= 0.3 is 0 Å². The quantitative estimate of drug-likeness (QED) is 0.483. The maximum absolute atomic E-state index is 12.8. The molecule has 6 rings (SSSR count). The number of benzene rings is 1. The van der Waals surface area contributed by atoms with Crippen molar-refractivity contribution < 1.29 is 19.5 Å². The van der Waals surface area contributed by atoms with Crippen LogP contribution in [0.2, 0.25) is 5.02 Å². The number of halogens is 1. The number of aromatic hydroxyl groups is 1. The molecule has 6 atom stereocenters. The summed E-state index contributed by atoms with van der Waals surface area (Å²) in [6, 6.07) is 4.32. The Balaban J connectivity index is 1.33. The SMILES string of the molecule is O=C(CN1C(=O)[C@@H]2[C@@H]3C=C[C@H]([C@H]4C[C@H]34)[C@@H]2C1=O)Nc1ccc(Cl)cc1O. The number of nitrogens with one attached hydrogen (secondary N) is 1. The lowest BCUT2D eigenvalue weighted by Crippen LogP contribution is -2.40. The molecule has 2 bridgehead atoms. The van der Waals surface area contributed by atoms with Crippen LogP contribution in [0.4, 0.5) is 5.69 Å². The van der Waals surface area contributed by atoms with Crippen molar-refractivity contribution in [1.82, 2.24) is 4.90 Å². The summed E-state index contributed by atoms with van der Waals surface area (Å²) in [4.78, 5) is 39.1. The summed E-state index contributed by atoms with van der Waals surface area (Å²) in [7, 11) is 0. The topological polar surface area (TPSA) is 86.7 Å². The Bertz CT molecular complexity index is 846. The lowest BCUT2D eigenvalue weighted by Gasteiger charge is -2.37. The number of imide groups is 1. The first-order valence-corrected chi connectivity index (χ1v) is 9.15. The highest BCUT2D eigenvalue weighted by Crippen LogP contribution is 2.65. The Hall–Kier alpha value is -2.34. The largest absolute Gasteiger partial charge is 0.506 e. The third-order valence-corrected chi connectivity index (χ3v) is 6.52. The van der Waals surface area contributed by atoms with Crippen molar-refractivity contribution in [2.24, 2.45) is 35.5 Å². The van der Waals surface area contributed by atoms with Crippen LogP contribution >= 0.6 is 11.6 Å². The highest BCUT2D eigenvalue weighted by Gasteiger charge is 2.67. The highest BCUT2D eigenvalue weighted by molar-refractivity contribution is 6.30. The molecular weight excluding hydrogens is 356 g/mol. The number of hydrogen-bond donors (Lipinski definition) is 2. The second-order valence-electron chi connectivity index (χ2n) is 7.63. The van der Waals surface area contributed by atoms with Crippen LogP contribution in [-0.4, -0.2) is 34.3 Å². The first kappa shape index (κ1) is 15.9. The fourth-order valence-corrected chi connectivity index (χ4v) is 5.28. The average molecular weight is 373 g/mol. The molecule has 1 saturated heterocycles. The molecule has 4 aliphatic carbocycles. The van der Waals surface area contributed by atoms with E-state index in [9.17, 15) is 19.5 Å². The van der Waals surface area contributed by atoms with Crippen LogP contribution in [-0.2, 0) is 14.4 Å². The second-order valence-corrected chi connectivity index (χ2v) is 8.06. The van der Waals surface area contributed by atoms with Crippen molar-refractivity contribution >= 4 is 35.0 Å². The van der Waals surface area contributed by atoms with E-state index in [0.29, 0.717) is 16.9 Å². The zero-order valence-corrected chi connectivity index (χ0v) is 14.5. The van der Waals surface area contributed by atoms with Crippen LogP contribution in [0.25, 0.3) is 0 Å². The molecule has 2 saturated carbocycles. The van der Waals surface area contributed by atoms with Gasteiger partial charge in [0.05, 0.1) is 17.5 Å². The van der Waals surface area contributed by atoms with E-state index in [1.807, 2.05) is 0 Å². The summed E-state index contributed by atoms with van der Waals surface area (Å²) in [5, 5.41) is 12.7. The third-order valence-electron chi connectivity index (χ3n) is 6.29. The van der Waals surface area contributed by atoms with Gasteiger partial charge in [-0.25, -0.2) is 0 Å². The minimum absolute atomic E-state index is 0.139. The molecule has 0 radical (unpaired) electrons. The number of phenolic OH excluding ortho intramolecular Hbond substituents is 1. The number of amides is 3. The van der Waals surface area contributed by atoms with Crippen molar-refractivity contribution in [2.75, 3.05) is 11.9 Å². The van der Waals surface area contributed by atoms with Crippen LogP contribution < -0.4 is 5.32 Å². The van der Waals surface area contributed by atoms with Crippen molar-refractivity contribution in [3.8, 4) is 5.75 Å². The van der Waals surface area contributed by atoms with Crippen molar-refractivity contribution in [2.45, 2.75) is 6.42 Å². The van der Waals surface area contributed by atoms with E-state index >= 15 is 0 Å². The minimum Gasteiger partial charge on any atom is -0.506 e. The predicted octanol–water partition coefficient (Wildman–Crippen LogP) is 2.04. The van der Waals surface area contributed by atoms with E-state index in [2.05, 4.69) is 17.5 Å². The first-order valence-electron chi connectivity index (χ1n) is 8.77. The van der Waals surface area contributed by atoms with Gasteiger partial charge < -0.3 is 10.4 Å². The molecule has 0 unspecified atom stereocenters. The lowest BCUT2D eigenvalue weighted by atomic mass is 9.63. The fourth-order valence-electron chi connectivity index (χ4n) is 5.12. The van der Waals surface area contributed by atoms with Gasteiger partial charge in [0.2, 0.25) is 17.7 Å². The fraction of sp³-hybridized carbons (Fsp3) is 0.421. The van der Waals surface area contributed by atoms with Gasteiger partial charge in [0.15, 0.2) is 0 Å². The van der Waals surface area contributed by atoms with E-state index in [1.54, 1.807) is 0 Å². The maximum Gasteiger partial charge on any atom is 0.244 e. The van der Waals surface area contributed by atoms with Crippen LogP contribution in [0, 0.1) is 35.5 Å². The van der Waals surface area contributed by atoms with Crippen molar-refractivity contribution in [3.05, 3.63) is 35.4 Å². The number of anilines is 1. The summed E-state index contributed by atoms with van der Waals surface area (Å²) in [5.74, 6) is -0.434. The molecule has 0 spiro atoms. The van der Waals surface area contributed by atoms with Gasteiger partial charge in [-0.1, -0.05) is 23.8 Å². The molecule has 134 valence electrons. The van der Waals surface area contributed by atoms with Crippen molar-refractivity contribution in [3.63, 3.8) is 0 Å². The molecule has 1 aromatic carbocycles. The smallest absolute Gasteiger partial charge is 0.244 e. The van der Waals surface area contributed by atoms with E-state index in [0.717, 1.165) is 11.3 Å². The van der Waals surface area contributed by atoms with E-state index < -0.39 is 5.91 Å². The standard InChI is InChI=1S/C19H17ClN2O4/c20-8-1-4-13(14(23)5-8)21-15(24)7-22-18(25)16-9-2-3-10(12-6-11(9)12)17(16)19(22)26/h1-5,9-12,16-17,23H,6-7H2,(H,21,24)/t9-,10-,11-,12-,16-,17+/m1/s1. The summed E-state index contributed by atoms with van der Waals surface area (Å²) in [6.45, 7) is -0.332. The minimum atomic E-state index is -0.520. The lowest BCUT2D eigenvalue weighted by molar-refractivity contribution is -0.142. The van der Waals surface area contributed by atoms with Gasteiger partial charge in [0.1, 0.15) is 12.3 Å². The number of likely N-dealkylation sites (tertiary alicyclic amines) is 1. The average Bonchev–Trinajstić information content (AvgIpc) is 3.39. The molecule has 3 fully saturated rings. The number of hydrogen-bond acceptors (Lipinski definition) is 4. The third kappa shape index (κ3) is 2.14. The summed E-state index contributed by atoms with van der Waals surface area (Å²) in [6.07, 6.45) is 5.30. The zero-order valence-electron chi connectivity index (χ0n) is 13.8. The monoisotopic (exact) mass is 372 g/mol. The number of carbonyl (C=O) groups is 3. The van der Waals surface area contributed by atoms with Gasteiger partial charge in [0.25, 0.3) is 0 Å². The molecule has 2 N–H and O–H groups in total. The number of rotatable bonds is 3. The predicted molar refractivity (Wildman–Crippen MR) is 93.2 cm³/mol. The number of phenols is 1. The van der Waals surface area contributed by atoms with Gasteiger partial charge in [-0.3, -0.25) is 19.3 Å². The molecule has 0 aromatic heterocycles. The highest BCUT2D eigenvalue weighted by atomic mass is 35.5. The molecule has 6 nitrogen and oxygen atoms in total. The van der Waals surface area contributed by atoms with Crippen LogP contribution in [0.3, 0.4) is 0 Å². The molecule has 1 heterocycles. The number of nitrogens with zero attached hydrogens (tertiary/aromatic N) is 1. The van der Waals surface area contributed by atoms with Gasteiger partial charge in [-0.05, 0) is 42.2 Å². The summed E-state index contributed by atoms with van der Waals surface area (Å²) < 4.78 is 0. The van der Waals surface area contributed by atoms with E-state index in [4.69, 9.17) is 11.6 Å². The Kier molecular flexibility index (Phi) is 3.26. The van der Waals surface area contributed by atoms with Crippen molar-refractivity contribution in [1.29, 1.82) is 0 Å². The first-order chi connectivity index (χ1) is 12.5. The molecule has 1 aliphatic heterocycles. The molecule has 1 aromatic rings. The maximum atomic E-state index is 12.8. The zero-order chi connectivity index (χ0) is 18.2. The van der Waals surface area contributed by atoms with E-state index in [1.165, 1.54) is 18.2 Å². The second kappa shape index (κ2) is 5.33. The molecule has 26 heavy (non-hydrogen) atoms. The Morgan fingerprint density at radius 3 is 2.35 bits per heavy atom. The normalized spacial score (nSPS) is 36.1. The van der Waals surface area contributed by atoms with Crippen LogP contribution in [0.1, 0.15) is 6.42 Å². The number of allylic oxidation sites excluding steroid dienone is 2. The Morgan fingerprint density at radius 1 is 1.15 bits per heavy atom. The number of carbonyl (C=O) groups excluding carboxylic acids is 3. The molecule has 3 amide bonds. The Morgan fingerprint density at radius 2 is 1.77 bits per heavy atom. The Labute approximate surface area is 154 Å². The van der Waals surface area contributed by atoms with Gasteiger partial charge in [-0.2, -0.15) is 0 Å². The summed E-state index contributed by atoms with van der Waals surface area (Å²) in [5.41, 5.74) is 0.193. The van der Waals surface area contributed by atoms with E-state index in [-0.39, 0.29) is 53.5 Å². The van der Waals surface area contributed by atoms with Gasteiger partial charge in [-0.15, -0.1) is 0 Å². The molecule has 7 heteroatoms. The van der Waals surface area contributed by atoms with Crippen LogP contribution in [0.5, 0.6) is 5.75 Å².